The van der Waals surface area contributed by atoms with E-state index in [2.05, 4.69) is 25.7 Å². The molecule has 0 aromatic heterocycles. The lowest BCUT2D eigenvalue weighted by Gasteiger charge is -2.21. The summed E-state index contributed by atoms with van der Waals surface area (Å²) in [5.74, 6) is -0.880. The van der Waals surface area contributed by atoms with Crippen LogP contribution in [0.2, 0.25) is 0 Å². The minimum atomic E-state index is -0.693. The summed E-state index contributed by atoms with van der Waals surface area (Å²) in [7, 11) is 0. The van der Waals surface area contributed by atoms with Crippen LogP contribution in [0, 0.1) is 11.3 Å². The van der Waals surface area contributed by atoms with Gasteiger partial charge in [0.25, 0.3) is 0 Å². The summed E-state index contributed by atoms with van der Waals surface area (Å²) in [6, 6.07) is 8.73. The molecule has 0 saturated heterocycles. The van der Waals surface area contributed by atoms with Crippen LogP contribution in [0.4, 0.5) is 0 Å². The van der Waals surface area contributed by atoms with Gasteiger partial charge in [-0.15, -0.1) is 0 Å². The van der Waals surface area contributed by atoms with Crippen LogP contribution in [-0.4, -0.2) is 22.6 Å². The van der Waals surface area contributed by atoms with E-state index in [1.165, 1.54) is 0 Å². The molecule has 1 rings (SSSR count). The quantitative estimate of drug-likeness (QED) is 0.589. The minimum Gasteiger partial charge on any atom is -0.481 e. The molecular weight excluding hydrogens is 320 g/mol. The molecule has 0 heterocycles. The van der Waals surface area contributed by atoms with Gasteiger partial charge in [0, 0.05) is 6.42 Å². The summed E-state index contributed by atoms with van der Waals surface area (Å²) >= 11 is 0. The smallest absolute Gasteiger partial charge is 0.373 e. The molecule has 25 heavy (non-hydrogen) atoms. The van der Waals surface area contributed by atoms with Crippen LogP contribution in [0.1, 0.15) is 71.7 Å². The van der Waals surface area contributed by atoms with Crippen molar-refractivity contribution in [2.45, 2.75) is 66.9 Å². The molecule has 0 aliphatic rings. The fourth-order valence-corrected chi connectivity index (χ4v) is 2.20. The molecule has 1 aromatic rings. The molecule has 1 aromatic carbocycles. The van der Waals surface area contributed by atoms with Crippen LogP contribution in [0.3, 0.4) is 0 Å². The van der Waals surface area contributed by atoms with Gasteiger partial charge in [-0.3, -0.25) is 9.68 Å². The van der Waals surface area contributed by atoms with Crippen molar-refractivity contribution in [2.75, 3.05) is 0 Å². The lowest BCUT2D eigenvalue weighted by molar-refractivity contribution is -0.301. The van der Waals surface area contributed by atoms with Crippen molar-refractivity contribution in [3.63, 3.8) is 0 Å². The summed E-state index contributed by atoms with van der Waals surface area (Å²) in [4.78, 5) is 31.2. The second kappa shape index (κ2) is 10.2. The van der Waals surface area contributed by atoms with Crippen LogP contribution in [-0.2, 0) is 14.6 Å². The second-order valence-electron chi connectivity index (χ2n) is 8.40. The SMILES string of the molecule is CC(C)(C)OOC(=O)c1ccccc1.CC(CC(=O)O)CC(C)(C)C. The number of hydrogen-bond acceptors (Lipinski definition) is 4. The first-order chi connectivity index (χ1) is 11.3. The van der Waals surface area contributed by atoms with Crippen molar-refractivity contribution in [1.29, 1.82) is 0 Å². The van der Waals surface area contributed by atoms with E-state index in [-0.39, 0.29) is 17.8 Å². The van der Waals surface area contributed by atoms with Gasteiger partial charge in [-0.2, -0.15) is 4.89 Å². The van der Waals surface area contributed by atoms with Gasteiger partial charge in [0.15, 0.2) is 0 Å². The molecule has 1 unspecified atom stereocenters. The molecule has 1 N–H and O–H groups in total. The Bertz CT molecular complexity index is 523. The zero-order valence-corrected chi connectivity index (χ0v) is 16.5. The Morgan fingerprint density at radius 2 is 1.56 bits per heavy atom. The van der Waals surface area contributed by atoms with E-state index < -0.39 is 17.5 Å². The Morgan fingerprint density at radius 3 is 1.96 bits per heavy atom. The van der Waals surface area contributed by atoms with Gasteiger partial charge in [0.1, 0.15) is 5.60 Å². The van der Waals surface area contributed by atoms with Gasteiger partial charge in [-0.1, -0.05) is 45.9 Å². The zero-order valence-electron chi connectivity index (χ0n) is 16.5. The van der Waals surface area contributed by atoms with Gasteiger partial charge < -0.3 is 5.11 Å². The van der Waals surface area contributed by atoms with E-state index in [9.17, 15) is 9.59 Å². The van der Waals surface area contributed by atoms with Crippen molar-refractivity contribution < 1.29 is 24.5 Å². The van der Waals surface area contributed by atoms with E-state index >= 15 is 0 Å². The Morgan fingerprint density at radius 1 is 1.04 bits per heavy atom. The molecule has 0 aliphatic heterocycles. The number of rotatable bonds is 5. The number of hydrogen-bond donors (Lipinski definition) is 1. The topological polar surface area (TPSA) is 72.8 Å². The average molecular weight is 352 g/mol. The summed E-state index contributed by atoms with van der Waals surface area (Å²) in [5, 5.41) is 8.48. The van der Waals surface area contributed by atoms with E-state index in [4.69, 9.17) is 9.99 Å². The molecule has 0 radical (unpaired) electrons. The summed E-state index contributed by atoms with van der Waals surface area (Å²) in [5.41, 5.74) is 0.246. The molecule has 0 bridgehead atoms. The molecule has 0 aliphatic carbocycles. The van der Waals surface area contributed by atoms with Crippen molar-refractivity contribution in [1.82, 2.24) is 0 Å². The largest absolute Gasteiger partial charge is 0.481 e. The highest BCUT2D eigenvalue weighted by Crippen LogP contribution is 2.25. The maximum absolute atomic E-state index is 11.3. The molecule has 142 valence electrons. The first-order valence-corrected chi connectivity index (χ1v) is 8.47. The Hall–Kier alpha value is -1.88. The number of carboxylic acids is 1. The Labute approximate surface area is 151 Å². The maximum atomic E-state index is 11.3. The van der Waals surface area contributed by atoms with Crippen LogP contribution in [0.15, 0.2) is 30.3 Å². The molecule has 5 heteroatoms. The minimum absolute atomic E-state index is 0.245. The molecule has 0 saturated carbocycles. The van der Waals surface area contributed by atoms with Crippen molar-refractivity contribution >= 4 is 11.9 Å². The van der Waals surface area contributed by atoms with Crippen LogP contribution >= 0.6 is 0 Å². The third-order valence-electron chi connectivity index (χ3n) is 2.86. The van der Waals surface area contributed by atoms with Crippen molar-refractivity contribution in [2.24, 2.45) is 11.3 Å². The van der Waals surface area contributed by atoms with Gasteiger partial charge in [0.2, 0.25) is 0 Å². The van der Waals surface area contributed by atoms with Crippen molar-refractivity contribution in [3.05, 3.63) is 35.9 Å². The van der Waals surface area contributed by atoms with Gasteiger partial charge in [0.05, 0.1) is 5.56 Å². The number of carbonyl (C=O) groups is 2. The normalized spacial score (nSPS) is 12.6. The molecular formula is C20H32O5. The number of carbonyl (C=O) groups excluding carboxylic acids is 1. The predicted molar refractivity (Wildman–Crippen MR) is 98.2 cm³/mol. The summed E-state index contributed by atoms with van der Waals surface area (Å²) < 4.78 is 0. The standard InChI is InChI=1S/C11H14O3.C9H18O2/c1-11(2,3)14-13-10(12)9-7-5-4-6-8-9;1-7(5-8(10)11)6-9(2,3)4/h4-8H,1-3H3;7H,5-6H2,1-4H3,(H,10,11). The maximum Gasteiger partial charge on any atom is 0.373 e. The highest BCUT2D eigenvalue weighted by molar-refractivity contribution is 5.88. The third kappa shape index (κ3) is 14.2. The van der Waals surface area contributed by atoms with E-state index in [1.807, 2.05) is 33.8 Å². The monoisotopic (exact) mass is 352 g/mol. The van der Waals surface area contributed by atoms with Gasteiger partial charge in [-0.05, 0) is 50.7 Å². The summed E-state index contributed by atoms with van der Waals surface area (Å²) in [6.07, 6.45) is 1.26. The van der Waals surface area contributed by atoms with Crippen LogP contribution < -0.4 is 0 Å². The number of benzene rings is 1. The lowest BCUT2D eigenvalue weighted by atomic mass is 9.84. The average Bonchev–Trinajstić information content (AvgIpc) is 2.42. The molecule has 0 amide bonds. The lowest BCUT2D eigenvalue weighted by Crippen LogP contribution is -2.21. The highest BCUT2D eigenvalue weighted by Gasteiger charge is 2.17. The fourth-order valence-electron chi connectivity index (χ4n) is 2.20. The Kier molecular flexibility index (Phi) is 9.42. The molecule has 0 spiro atoms. The van der Waals surface area contributed by atoms with Gasteiger partial charge >= 0.3 is 11.9 Å². The molecule has 5 nitrogen and oxygen atoms in total. The third-order valence-corrected chi connectivity index (χ3v) is 2.86. The predicted octanol–water partition coefficient (Wildman–Crippen LogP) is 5.11. The van der Waals surface area contributed by atoms with Gasteiger partial charge in [-0.25, -0.2) is 4.79 Å². The van der Waals surface area contributed by atoms with E-state index in [0.29, 0.717) is 5.56 Å². The number of carboxylic acid groups (broad SMARTS) is 1. The van der Waals surface area contributed by atoms with E-state index in [1.54, 1.807) is 24.3 Å². The number of aliphatic carboxylic acids is 1. The Balaban J connectivity index is 0.000000477. The second-order valence-corrected chi connectivity index (χ2v) is 8.40. The highest BCUT2D eigenvalue weighted by atomic mass is 17.2. The first-order valence-electron chi connectivity index (χ1n) is 8.47. The first kappa shape index (κ1) is 23.1. The van der Waals surface area contributed by atoms with Crippen molar-refractivity contribution in [3.8, 4) is 0 Å². The van der Waals surface area contributed by atoms with Crippen LogP contribution in [0.25, 0.3) is 0 Å². The molecule has 0 fully saturated rings. The fraction of sp³-hybridized carbons (Fsp3) is 0.600. The molecule has 1 atom stereocenters. The summed E-state index contributed by atoms with van der Waals surface area (Å²) in [6.45, 7) is 13.8. The van der Waals surface area contributed by atoms with E-state index in [0.717, 1.165) is 6.42 Å². The van der Waals surface area contributed by atoms with Crippen LogP contribution in [0.5, 0.6) is 0 Å². The zero-order chi connectivity index (χ0) is 19.7.